The van der Waals surface area contributed by atoms with Crippen molar-refractivity contribution < 1.29 is 24.2 Å². The summed E-state index contributed by atoms with van der Waals surface area (Å²) in [5.41, 5.74) is 0.838. The molecule has 1 saturated heterocycles. The van der Waals surface area contributed by atoms with E-state index in [0.29, 0.717) is 46.2 Å². The summed E-state index contributed by atoms with van der Waals surface area (Å²) in [7, 11) is 1.60. The first-order chi connectivity index (χ1) is 14.3. The van der Waals surface area contributed by atoms with E-state index in [4.69, 9.17) is 26.8 Å². The van der Waals surface area contributed by atoms with Crippen LogP contribution < -0.4 is 9.47 Å². The second-order valence-corrected chi connectivity index (χ2v) is 9.15. The molecule has 0 atom stereocenters. The van der Waals surface area contributed by atoms with E-state index in [0.717, 1.165) is 24.8 Å². The molecule has 8 heteroatoms. The second-order valence-electron chi connectivity index (χ2n) is 7.48. The Balaban J connectivity index is 1.99. The molecule has 6 nitrogen and oxygen atoms in total. The molecule has 1 aromatic carbocycles. The number of carboxylic acid groups (broad SMARTS) is 1. The van der Waals surface area contributed by atoms with Crippen LogP contribution in [0.4, 0.5) is 0 Å². The first-order valence-electron chi connectivity index (χ1n) is 10.1. The number of hydrogen-bond donors (Lipinski definition) is 1. The van der Waals surface area contributed by atoms with Gasteiger partial charge >= 0.3 is 5.97 Å². The number of thiocarbonyl (C=S) groups is 1. The van der Waals surface area contributed by atoms with E-state index >= 15 is 0 Å². The fourth-order valence-corrected chi connectivity index (χ4v) is 4.17. The van der Waals surface area contributed by atoms with Crippen LogP contribution >= 0.6 is 24.0 Å². The Kier molecular flexibility index (Phi) is 9.65. The predicted molar refractivity (Wildman–Crippen MR) is 124 cm³/mol. The van der Waals surface area contributed by atoms with Crippen LogP contribution in [-0.4, -0.2) is 46.5 Å². The molecular formula is C22H29NO5S2. The minimum Gasteiger partial charge on any atom is -0.493 e. The third-order valence-corrected chi connectivity index (χ3v) is 5.96. The van der Waals surface area contributed by atoms with Crippen molar-refractivity contribution in [2.24, 2.45) is 5.92 Å². The van der Waals surface area contributed by atoms with Crippen LogP contribution in [0.5, 0.6) is 11.5 Å². The topological polar surface area (TPSA) is 76.1 Å². The molecule has 1 amide bonds. The lowest BCUT2D eigenvalue weighted by molar-refractivity contribution is -0.137. The molecule has 1 fully saturated rings. The lowest BCUT2D eigenvalue weighted by Crippen LogP contribution is -2.29. The molecule has 1 aliphatic rings. The number of aliphatic carboxylic acids is 1. The van der Waals surface area contributed by atoms with E-state index in [9.17, 15) is 9.59 Å². The Morgan fingerprint density at radius 2 is 2.03 bits per heavy atom. The molecule has 0 spiro atoms. The van der Waals surface area contributed by atoms with Gasteiger partial charge in [0.05, 0.1) is 18.6 Å². The summed E-state index contributed by atoms with van der Waals surface area (Å²) >= 11 is 6.64. The van der Waals surface area contributed by atoms with Crippen LogP contribution in [0.15, 0.2) is 23.1 Å². The largest absolute Gasteiger partial charge is 0.493 e. The monoisotopic (exact) mass is 451 g/mol. The van der Waals surface area contributed by atoms with Crippen LogP contribution in [0.25, 0.3) is 6.08 Å². The van der Waals surface area contributed by atoms with E-state index < -0.39 is 5.97 Å². The van der Waals surface area contributed by atoms with Gasteiger partial charge in [-0.15, -0.1) is 0 Å². The Labute approximate surface area is 187 Å². The van der Waals surface area contributed by atoms with E-state index in [-0.39, 0.29) is 12.3 Å². The van der Waals surface area contributed by atoms with Crippen molar-refractivity contribution in [3.8, 4) is 11.5 Å². The number of unbranched alkanes of at least 4 members (excludes halogenated alkanes) is 2. The summed E-state index contributed by atoms with van der Waals surface area (Å²) in [4.78, 5) is 25.5. The van der Waals surface area contributed by atoms with Gasteiger partial charge in [0.15, 0.2) is 11.5 Å². The number of rotatable bonds is 12. The van der Waals surface area contributed by atoms with Gasteiger partial charge in [0, 0.05) is 13.0 Å². The summed E-state index contributed by atoms with van der Waals surface area (Å²) in [6, 6.07) is 5.60. The van der Waals surface area contributed by atoms with Crippen molar-refractivity contribution in [3.05, 3.63) is 28.7 Å². The summed E-state index contributed by atoms with van der Waals surface area (Å²) in [5.74, 6) is 0.967. The lowest BCUT2D eigenvalue weighted by atomic mass is 10.1. The molecule has 0 aliphatic carbocycles. The fraction of sp³-hybridized carbons (Fsp3) is 0.500. The molecular weight excluding hydrogens is 422 g/mol. The molecule has 2 rings (SSSR count). The van der Waals surface area contributed by atoms with Crippen LogP contribution in [-0.2, 0) is 9.59 Å². The molecule has 0 bridgehead atoms. The van der Waals surface area contributed by atoms with Gasteiger partial charge in [0.25, 0.3) is 5.91 Å². The Bertz CT molecular complexity index is 807. The Morgan fingerprint density at radius 1 is 1.27 bits per heavy atom. The van der Waals surface area contributed by atoms with Gasteiger partial charge in [0.1, 0.15) is 4.32 Å². The lowest BCUT2D eigenvalue weighted by Gasteiger charge is -2.14. The van der Waals surface area contributed by atoms with Gasteiger partial charge in [0.2, 0.25) is 0 Å². The quantitative estimate of drug-likeness (QED) is 0.273. The SMILES string of the molecule is COc1cc(/C=C2/SC(=S)N(CCCCCC(=O)O)C2=O)ccc1OCCC(C)C. The average Bonchev–Trinajstić information content (AvgIpc) is 2.95. The third-order valence-electron chi connectivity index (χ3n) is 4.58. The minimum absolute atomic E-state index is 0.112. The maximum absolute atomic E-state index is 12.7. The number of hydrogen-bond acceptors (Lipinski definition) is 6. The number of thioether (sulfide) groups is 1. The zero-order valence-electron chi connectivity index (χ0n) is 17.7. The normalized spacial score (nSPS) is 15.3. The van der Waals surface area contributed by atoms with Gasteiger partial charge in [-0.1, -0.05) is 50.3 Å². The van der Waals surface area contributed by atoms with Crippen LogP contribution in [0.3, 0.4) is 0 Å². The van der Waals surface area contributed by atoms with E-state index in [1.54, 1.807) is 12.0 Å². The smallest absolute Gasteiger partial charge is 0.303 e. The average molecular weight is 452 g/mol. The number of carbonyl (C=O) groups is 2. The van der Waals surface area contributed by atoms with Crippen molar-refractivity contribution in [3.63, 3.8) is 0 Å². The molecule has 1 aromatic rings. The van der Waals surface area contributed by atoms with E-state index in [1.165, 1.54) is 11.8 Å². The highest BCUT2D eigenvalue weighted by molar-refractivity contribution is 8.26. The third kappa shape index (κ3) is 7.32. The number of carbonyl (C=O) groups excluding carboxylic acids is 1. The molecule has 1 heterocycles. The van der Waals surface area contributed by atoms with Crippen LogP contribution in [0, 0.1) is 5.92 Å². The van der Waals surface area contributed by atoms with E-state index in [2.05, 4.69) is 13.8 Å². The first kappa shape index (κ1) is 24.2. The van der Waals surface area contributed by atoms with Crippen molar-refractivity contribution >= 4 is 46.3 Å². The first-order valence-corrected chi connectivity index (χ1v) is 11.3. The van der Waals surface area contributed by atoms with Crippen molar-refractivity contribution in [2.45, 2.75) is 46.0 Å². The molecule has 0 saturated carbocycles. The number of nitrogens with zero attached hydrogens (tertiary/aromatic N) is 1. The van der Waals surface area contributed by atoms with Crippen molar-refractivity contribution in [1.29, 1.82) is 0 Å². The summed E-state index contributed by atoms with van der Waals surface area (Å²) < 4.78 is 11.8. The zero-order chi connectivity index (χ0) is 22.1. The summed E-state index contributed by atoms with van der Waals surface area (Å²) in [5, 5.41) is 8.69. The maximum Gasteiger partial charge on any atom is 0.303 e. The van der Waals surface area contributed by atoms with Crippen molar-refractivity contribution in [2.75, 3.05) is 20.3 Å². The van der Waals surface area contributed by atoms with Gasteiger partial charge in [-0.25, -0.2) is 0 Å². The molecule has 1 aliphatic heterocycles. The number of ether oxygens (including phenoxy) is 2. The highest BCUT2D eigenvalue weighted by atomic mass is 32.2. The van der Waals surface area contributed by atoms with Gasteiger partial charge < -0.3 is 14.6 Å². The van der Waals surface area contributed by atoms with Crippen molar-refractivity contribution in [1.82, 2.24) is 4.90 Å². The van der Waals surface area contributed by atoms with E-state index in [1.807, 2.05) is 24.3 Å². The van der Waals surface area contributed by atoms with Gasteiger partial charge in [-0.3, -0.25) is 14.5 Å². The highest BCUT2D eigenvalue weighted by Gasteiger charge is 2.31. The number of methoxy groups -OCH3 is 1. The predicted octanol–water partition coefficient (Wildman–Crippen LogP) is 4.97. The van der Waals surface area contributed by atoms with Crippen LogP contribution in [0.1, 0.15) is 51.5 Å². The van der Waals surface area contributed by atoms with Crippen LogP contribution in [0.2, 0.25) is 0 Å². The molecule has 0 radical (unpaired) electrons. The number of carboxylic acids is 1. The molecule has 164 valence electrons. The molecule has 1 N–H and O–H groups in total. The number of benzene rings is 1. The fourth-order valence-electron chi connectivity index (χ4n) is 2.86. The second kappa shape index (κ2) is 12.0. The Morgan fingerprint density at radius 3 is 2.70 bits per heavy atom. The highest BCUT2D eigenvalue weighted by Crippen LogP contribution is 2.35. The molecule has 0 unspecified atom stereocenters. The number of amides is 1. The maximum atomic E-state index is 12.7. The zero-order valence-corrected chi connectivity index (χ0v) is 19.3. The van der Waals surface area contributed by atoms with Gasteiger partial charge in [-0.2, -0.15) is 0 Å². The van der Waals surface area contributed by atoms with Gasteiger partial charge in [-0.05, 0) is 49.0 Å². The minimum atomic E-state index is -0.796. The Hall–Kier alpha value is -2.06. The molecule has 0 aromatic heterocycles. The summed E-state index contributed by atoms with van der Waals surface area (Å²) in [6.45, 7) is 5.43. The summed E-state index contributed by atoms with van der Waals surface area (Å²) in [6.07, 6.45) is 5.00. The standard InChI is InChI=1S/C22H29NO5S2/c1-15(2)10-12-28-17-9-8-16(13-18(17)27-3)14-19-21(26)23(22(29)30-19)11-6-4-5-7-20(24)25/h8-9,13-15H,4-7,10-12H2,1-3H3,(H,24,25)/b19-14+. The molecule has 30 heavy (non-hydrogen) atoms.